The molecule has 0 aliphatic carbocycles. The summed E-state index contributed by atoms with van der Waals surface area (Å²) in [4.78, 5) is 14.2. The van der Waals surface area contributed by atoms with Crippen molar-refractivity contribution in [2.75, 3.05) is 0 Å². The monoisotopic (exact) mass is 258 g/mol. The third kappa shape index (κ3) is 2.83. The van der Waals surface area contributed by atoms with Crippen LogP contribution in [0, 0.1) is 15.5 Å². The zero-order valence-electron chi connectivity index (χ0n) is 9.74. The molecule has 0 atom stereocenters. The number of para-hydroxylation sites is 2. The maximum Gasteiger partial charge on any atom is 0.311 e. The second-order valence-electron chi connectivity index (χ2n) is 3.62. The number of nitrogens with zero attached hydrogens (tertiary/aromatic N) is 2. The fourth-order valence-electron chi connectivity index (χ4n) is 1.44. The van der Waals surface area contributed by atoms with E-state index in [0.29, 0.717) is 5.56 Å². The van der Waals surface area contributed by atoms with Crippen molar-refractivity contribution in [2.45, 2.75) is 0 Å². The second-order valence-corrected chi connectivity index (χ2v) is 3.62. The van der Waals surface area contributed by atoms with Gasteiger partial charge in [-0.2, -0.15) is 0 Å². The molecular formula is C12H10N4O3. The number of nitrogens with two attached hydrogens (primary N) is 1. The molecule has 0 aliphatic rings. The molecule has 96 valence electrons. The highest BCUT2D eigenvalue weighted by molar-refractivity contribution is 5.95. The molecular weight excluding hydrogens is 248 g/mol. The molecule has 7 nitrogen and oxygen atoms in total. The second kappa shape index (κ2) is 5.13. The number of amidine groups is 1. The molecule has 0 bridgehead atoms. The average Bonchev–Trinajstić information content (AvgIpc) is 2.39. The lowest BCUT2D eigenvalue weighted by Gasteiger charge is -2.06. The number of ether oxygens (including phenoxy) is 1. The first-order valence-electron chi connectivity index (χ1n) is 5.29. The Morgan fingerprint density at radius 1 is 1.37 bits per heavy atom. The molecule has 2 aromatic rings. The summed E-state index contributed by atoms with van der Waals surface area (Å²) in [6.07, 6.45) is 1.42. The van der Waals surface area contributed by atoms with Gasteiger partial charge in [0.1, 0.15) is 5.84 Å². The maximum absolute atomic E-state index is 10.8. The lowest BCUT2D eigenvalue weighted by Crippen LogP contribution is -2.11. The summed E-state index contributed by atoms with van der Waals surface area (Å²) in [7, 11) is 0. The quantitative estimate of drug-likeness (QED) is 0.377. The Morgan fingerprint density at radius 3 is 2.79 bits per heavy atom. The number of nitro groups is 1. The van der Waals surface area contributed by atoms with E-state index in [4.69, 9.17) is 15.9 Å². The maximum atomic E-state index is 10.8. The normalized spacial score (nSPS) is 9.89. The van der Waals surface area contributed by atoms with E-state index in [-0.39, 0.29) is 23.2 Å². The van der Waals surface area contributed by atoms with Crippen molar-refractivity contribution in [3.05, 3.63) is 58.3 Å². The van der Waals surface area contributed by atoms with Gasteiger partial charge in [0, 0.05) is 23.9 Å². The molecule has 1 heterocycles. The van der Waals surface area contributed by atoms with Crippen molar-refractivity contribution in [2.24, 2.45) is 5.73 Å². The summed E-state index contributed by atoms with van der Waals surface area (Å²) in [6.45, 7) is 0. The highest BCUT2D eigenvalue weighted by Crippen LogP contribution is 2.29. The highest BCUT2D eigenvalue weighted by Gasteiger charge is 2.15. The molecule has 0 saturated heterocycles. The van der Waals surface area contributed by atoms with Crippen molar-refractivity contribution in [3.8, 4) is 11.6 Å². The number of benzene rings is 1. The SMILES string of the molecule is N=C(N)c1ccnc(Oc2ccccc2[N+](=O)[O-])c1. The molecule has 1 aromatic carbocycles. The van der Waals surface area contributed by atoms with Gasteiger partial charge in [-0.25, -0.2) is 4.98 Å². The first-order valence-corrected chi connectivity index (χ1v) is 5.29. The summed E-state index contributed by atoms with van der Waals surface area (Å²) in [5.74, 6) is 0.0949. The lowest BCUT2D eigenvalue weighted by molar-refractivity contribution is -0.385. The van der Waals surface area contributed by atoms with E-state index in [1.54, 1.807) is 18.2 Å². The van der Waals surface area contributed by atoms with Crippen molar-refractivity contribution in [3.63, 3.8) is 0 Å². The topological polar surface area (TPSA) is 115 Å². The molecule has 1 aromatic heterocycles. The summed E-state index contributed by atoms with van der Waals surface area (Å²) in [6, 6.07) is 8.97. The fourth-order valence-corrected chi connectivity index (χ4v) is 1.44. The van der Waals surface area contributed by atoms with Crippen molar-refractivity contribution in [1.82, 2.24) is 4.98 Å². The molecule has 0 saturated carbocycles. The predicted molar refractivity (Wildman–Crippen MR) is 68.4 cm³/mol. The summed E-state index contributed by atoms with van der Waals surface area (Å²) in [5, 5.41) is 18.1. The third-order valence-corrected chi connectivity index (χ3v) is 2.32. The molecule has 0 amide bonds. The number of nitrogens with one attached hydrogen (secondary N) is 1. The Hall–Kier alpha value is -2.96. The summed E-state index contributed by atoms with van der Waals surface area (Å²) < 4.78 is 5.36. The van der Waals surface area contributed by atoms with Gasteiger partial charge < -0.3 is 10.5 Å². The Morgan fingerprint density at radius 2 is 2.11 bits per heavy atom. The zero-order valence-corrected chi connectivity index (χ0v) is 9.74. The van der Waals surface area contributed by atoms with Gasteiger partial charge in [-0.1, -0.05) is 12.1 Å². The van der Waals surface area contributed by atoms with Crippen LogP contribution in [-0.4, -0.2) is 15.7 Å². The molecule has 2 rings (SSSR count). The Bertz CT molecular complexity index is 642. The molecule has 0 fully saturated rings. The summed E-state index contributed by atoms with van der Waals surface area (Å²) in [5.41, 5.74) is 5.62. The van der Waals surface area contributed by atoms with Gasteiger partial charge in [-0.15, -0.1) is 0 Å². The van der Waals surface area contributed by atoms with Crippen LogP contribution in [0.5, 0.6) is 11.6 Å². The number of pyridine rings is 1. The Labute approximate surface area is 108 Å². The van der Waals surface area contributed by atoms with Gasteiger partial charge in [0.2, 0.25) is 11.6 Å². The minimum Gasteiger partial charge on any atom is -0.432 e. The number of nitro benzene ring substituents is 1. The van der Waals surface area contributed by atoms with E-state index in [2.05, 4.69) is 4.98 Å². The van der Waals surface area contributed by atoms with Gasteiger partial charge in [0.25, 0.3) is 0 Å². The van der Waals surface area contributed by atoms with Crippen LogP contribution < -0.4 is 10.5 Å². The van der Waals surface area contributed by atoms with E-state index >= 15 is 0 Å². The van der Waals surface area contributed by atoms with E-state index in [0.717, 1.165) is 0 Å². The molecule has 3 N–H and O–H groups in total. The van der Waals surface area contributed by atoms with Crippen LogP contribution in [0.25, 0.3) is 0 Å². The van der Waals surface area contributed by atoms with Gasteiger partial charge in [0.15, 0.2) is 0 Å². The standard InChI is InChI=1S/C12H10N4O3/c13-12(14)8-5-6-15-11(7-8)19-10-4-2-1-3-9(10)16(17)18/h1-7H,(H3,13,14). The molecule has 0 radical (unpaired) electrons. The average molecular weight is 258 g/mol. The number of hydrogen-bond donors (Lipinski definition) is 2. The van der Waals surface area contributed by atoms with Gasteiger partial charge in [-0.3, -0.25) is 15.5 Å². The van der Waals surface area contributed by atoms with Crippen LogP contribution in [0.2, 0.25) is 0 Å². The van der Waals surface area contributed by atoms with Crippen molar-refractivity contribution >= 4 is 11.5 Å². The molecule has 7 heteroatoms. The van der Waals surface area contributed by atoms with Gasteiger partial charge in [0.05, 0.1) is 4.92 Å². The minimum absolute atomic E-state index is 0.0840. The van der Waals surface area contributed by atoms with Crippen LogP contribution >= 0.6 is 0 Å². The first-order chi connectivity index (χ1) is 9.08. The van der Waals surface area contributed by atoms with Crippen molar-refractivity contribution in [1.29, 1.82) is 5.41 Å². The van der Waals surface area contributed by atoms with Gasteiger partial charge in [-0.05, 0) is 12.1 Å². The van der Waals surface area contributed by atoms with Crippen LogP contribution in [0.1, 0.15) is 5.56 Å². The van der Waals surface area contributed by atoms with E-state index in [9.17, 15) is 10.1 Å². The molecule has 0 unspecified atom stereocenters. The van der Waals surface area contributed by atoms with Crippen LogP contribution in [0.3, 0.4) is 0 Å². The Balaban J connectivity index is 2.34. The first kappa shape index (κ1) is 12.5. The minimum atomic E-state index is -0.538. The molecule has 19 heavy (non-hydrogen) atoms. The van der Waals surface area contributed by atoms with E-state index in [1.807, 2.05) is 0 Å². The van der Waals surface area contributed by atoms with Crippen LogP contribution in [-0.2, 0) is 0 Å². The Kier molecular flexibility index (Phi) is 3.37. The molecule has 0 aliphatic heterocycles. The lowest BCUT2D eigenvalue weighted by atomic mass is 10.2. The number of hydrogen-bond acceptors (Lipinski definition) is 5. The van der Waals surface area contributed by atoms with Crippen LogP contribution in [0.15, 0.2) is 42.6 Å². The van der Waals surface area contributed by atoms with Crippen molar-refractivity contribution < 1.29 is 9.66 Å². The smallest absolute Gasteiger partial charge is 0.311 e. The predicted octanol–water partition coefficient (Wildman–Crippen LogP) is 2.07. The zero-order chi connectivity index (χ0) is 13.8. The highest BCUT2D eigenvalue weighted by atomic mass is 16.6. The van der Waals surface area contributed by atoms with E-state index < -0.39 is 4.92 Å². The molecule has 0 spiro atoms. The number of rotatable bonds is 4. The summed E-state index contributed by atoms with van der Waals surface area (Å²) >= 11 is 0. The van der Waals surface area contributed by atoms with Gasteiger partial charge >= 0.3 is 5.69 Å². The number of nitrogen functional groups attached to an aromatic ring is 1. The fraction of sp³-hybridized carbons (Fsp3) is 0. The largest absolute Gasteiger partial charge is 0.432 e. The van der Waals surface area contributed by atoms with E-state index in [1.165, 1.54) is 24.4 Å². The third-order valence-electron chi connectivity index (χ3n) is 2.32. The number of aromatic nitrogens is 1. The van der Waals surface area contributed by atoms with Crippen LogP contribution in [0.4, 0.5) is 5.69 Å².